The van der Waals surface area contributed by atoms with Crippen molar-refractivity contribution in [1.29, 1.82) is 0 Å². The van der Waals surface area contributed by atoms with Gasteiger partial charge in [-0.1, -0.05) is 51.2 Å². The lowest BCUT2D eigenvalue weighted by atomic mass is 10.1. The Labute approximate surface area is 101 Å². The number of carbonyl (C=O) groups excluding carboxylic acids is 1. The largest absolute Gasteiger partial charge is 0.471 e. The van der Waals surface area contributed by atoms with Gasteiger partial charge in [0.25, 0.3) is 0 Å². The Morgan fingerprint density at radius 2 is 1.82 bits per heavy atom. The number of amides is 1. The molecule has 1 atom stereocenters. The molecule has 0 rings (SSSR count). The molecule has 0 aromatic heterocycles. The van der Waals surface area contributed by atoms with Crippen LogP contribution in [-0.4, -0.2) is 17.3 Å². The molecule has 0 aromatic carbocycles. The number of alkyl halides is 3. The molecule has 0 bridgehead atoms. The summed E-state index contributed by atoms with van der Waals surface area (Å²) in [5.41, 5.74) is 0. The smallest absolute Gasteiger partial charge is 0.444 e. The Kier molecular flexibility index (Phi) is 7.41. The molecule has 17 heavy (non-hydrogen) atoms. The second-order valence-electron chi connectivity index (χ2n) is 3.72. The number of rotatable bonds is 6. The van der Waals surface area contributed by atoms with Crippen LogP contribution in [0.15, 0.2) is 4.36 Å². The molecular formula is C10H17F3NO2S-. The van der Waals surface area contributed by atoms with E-state index in [9.17, 15) is 22.2 Å². The molecule has 102 valence electrons. The van der Waals surface area contributed by atoms with E-state index in [-0.39, 0.29) is 0 Å². The Morgan fingerprint density at radius 1 is 1.24 bits per heavy atom. The Hall–Kier alpha value is -0.590. The molecule has 0 radical (unpaired) electrons. The highest BCUT2D eigenvalue weighted by atomic mass is 32.2. The lowest BCUT2D eigenvalue weighted by Crippen LogP contribution is -2.21. The van der Waals surface area contributed by atoms with Crippen molar-refractivity contribution in [1.82, 2.24) is 0 Å². The molecule has 0 aliphatic rings. The van der Waals surface area contributed by atoms with Gasteiger partial charge in [-0.15, -0.1) is 0 Å². The van der Waals surface area contributed by atoms with Crippen LogP contribution in [0.5, 0.6) is 0 Å². The number of halogens is 3. The van der Waals surface area contributed by atoms with Gasteiger partial charge in [0.2, 0.25) is 0 Å². The molecule has 7 heteroatoms. The van der Waals surface area contributed by atoms with Crippen LogP contribution in [0.1, 0.15) is 46.0 Å². The van der Waals surface area contributed by atoms with E-state index >= 15 is 0 Å². The van der Waals surface area contributed by atoms with Crippen molar-refractivity contribution in [2.75, 3.05) is 0 Å². The van der Waals surface area contributed by atoms with Gasteiger partial charge >= 0.3 is 12.1 Å². The molecule has 0 saturated carbocycles. The fourth-order valence-electron chi connectivity index (χ4n) is 1.31. The van der Waals surface area contributed by atoms with E-state index in [0.29, 0.717) is 19.3 Å². The number of hydrogen-bond acceptors (Lipinski definition) is 3. The van der Waals surface area contributed by atoms with Crippen molar-refractivity contribution in [3.63, 3.8) is 0 Å². The molecule has 0 aliphatic carbocycles. The fraction of sp³-hybridized carbons (Fsp3) is 0.900. The minimum atomic E-state index is -5.03. The summed E-state index contributed by atoms with van der Waals surface area (Å²) in [6, 6.07) is 0. The second-order valence-corrected chi connectivity index (χ2v) is 5.12. The summed E-state index contributed by atoms with van der Waals surface area (Å²) in [6.07, 6.45) is -1.64. The summed E-state index contributed by atoms with van der Waals surface area (Å²) in [5, 5.41) is -0.453. The van der Waals surface area contributed by atoms with E-state index < -0.39 is 27.9 Å². The van der Waals surface area contributed by atoms with Gasteiger partial charge in [0.05, 0.1) is 0 Å². The highest BCUT2D eigenvalue weighted by Gasteiger charge is 2.37. The molecule has 1 amide bonds. The molecule has 1 unspecified atom stereocenters. The van der Waals surface area contributed by atoms with Gasteiger partial charge in [0.15, 0.2) is 0 Å². The van der Waals surface area contributed by atoms with Crippen LogP contribution in [0.25, 0.3) is 0 Å². The van der Waals surface area contributed by atoms with Gasteiger partial charge in [-0.25, -0.2) is 0 Å². The molecule has 3 nitrogen and oxygen atoms in total. The van der Waals surface area contributed by atoms with Crippen LogP contribution < -0.4 is 0 Å². The van der Waals surface area contributed by atoms with Crippen LogP contribution in [0.2, 0.25) is 0 Å². The third-order valence-corrected chi connectivity index (χ3v) is 3.58. The van der Waals surface area contributed by atoms with Crippen molar-refractivity contribution in [2.24, 2.45) is 4.36 Å². The lowest BCUT2D eigenvalue weighted by molar-refractivity contribution is -0.169. The van der Waals surface area contributed by atoms with Crippen LogP contribution in [0.4, 0.5) is 13.2 Å². The van der Waals surface area contributed by atoms with E-state index in [1.807, 2.05) is 13.8 Å². The van der Waals surface area contributed by atoms with Gasteiger partial charge in [-0.05, 0) is 0 Å². The first-order chi connectivity index (χ1) is 7.82. The Balaban J connectivity index is 4.70. The minimum Gasteiger partial charge on any atom is -0.444 e. The summed E-state index contributed by atoms with van der Waals surface area (Å²) in [7, 11) is -2.08. The van der Waals surface area contributed by atoms with Crippen molar-refractivity contribution < 1.29 is 22.2 Å². The first-order valence-electron chi connectivity index (χ1n) is 5.56. The van der Waals surface area contributed by atoms with Crippen LogP contribution in [-0.2, 0) is 19.6 Å². The molecule has 0 saturated heterocycles. The first kappa shape index (κ1) is 16.4. The maximum absolute atomic E-state index is 11.9. The third kappa shape index (κ3) is 6.65. The number of nitrogens with zero attached hydrogens (tertiary/aromatic N) is 1. The predicted octanol–water partition coefficient (Wildman–Crippen LogP) is 3.58. The first-order valence-corrected chi connectivity index (χ1v) is 6.73. The van der Waals surface area contributed by atoms with Crippen LogP contribution in [0, 0.1) is 0 Å². The zero-order valence-electron chi connectivity index (χ0n) is 9.92. The van der Waals surface area contributed by atoms with Crippen LogP contribution >= 0.6 is 0 Å². The molecule has 0 aliphatic heterocycles. The Bertz CT molecular complexity index is 322. The van der Waals surface area contributed by atoms with Crippen molar-refractivity contribution in [3.8, 4) is 0 Å². The number of hydrogen-bond donors (Lipinski definition) is 0. The topological polar surface area (TPSA) is 46.5 Å². The van der Waals surface area contributed by atoms with Gasteiger partial charge in [0.1, 0.15) is 0 Å². The summed E-state index contributed by atoms with van der Waals surface area (Å²) >= 11 is 0. The average molecular weight is 272 g/mol. The van der Waals surface area contributed by atoms with Crippen LogP contribution in [0.3, 0.4) is 0 Å². The van der Waals surface area contributed by atoms with E-state index in [1.54, 1.807) is 0 Å². The van der Waals surface area contributed by atoms with Crippen molar-refractivity contribution >= 4 is 16.5 Å². The quantitative estimate of drug-likeness (QED) is 0.694. The van der Waals surface area contributed by atoms with E-state index in [1.165, 1.54) is 0 Å². The molecule has 0 aromatic rings. The molecule has 0 heterocycles. The van der Waals surface area contributed by atoms with Gasteiger partial charge in [-0.2, -0.15) is 23.8 Å². The highest BCUT2D eigenvalue weighted by molar-refractivity contribution is 7.75. The highest BCUT2D eigenvalue weighted by Crippen LogP contribution is 2.18. The number of unbranched alkanes of at least 4 members (excludes halogenated alkanes) is 1. The maximum atomic E-state index is 11.9. The summed E-state index contributed by atoms with van der Waals surface area (Å²) in [6.45, 7) is 3.78. The monoisotopic (exact) mass is 272 g/mol. The fourth-order valence-corrected chi connectivity index (χ4v) is 2.53. The second kappa shape index (κ2) is 7.68. The molecule has 0 fully saturated rings. The van der Waals surface area contributed by atoms with Gasteiger partial charge in [0, 0.05) is 0 Å². The SMILES string of the molecule is CCCCC(CCC)[S-](=O)=NC(=O)C(F)(F)F. The van der Waals surface area contributed by atoms with Gasteiger partial charge < -0.3 is 8.57 Å². The zero-order valence-corrected chi connectivity index (χ0v) is 10.7. The number of carbonyl (C=O) groups is 1. The third-order valence-electron chi connectivity index (χ3n) is 2.19. The zero-order chi connectivity index (χ0) is 13.5. The summed E-state index contributed by atoms with van der Waals surface area (Å²) < 4.78 is 50.0. The molecule has 0 spiro atoms. The lowest BCUT2D eigenvalue weighted by Gasteiger charge is -2.19. The predicted molar refractivity (Wildman–Crippen MR) is 59.8 cm³/mol. The maximum Gasteiger partial charge on any atom is 0.471 e. The molecule has 0 N–H and O–H groups in total. The normalized spacial score (nSPS) is 15.8. The van der Waals surface area contributed by atoms with Crippen molar-refractivity contribution in [2.45, 2.75) is 57.4 Å². The van der Waals surface area contributed by atoms with Crippen molar-refractivity contribution in [3.05, 3.63) is 0 Å². The van der Waals surface area contributed by atoms with E-state index in [4.69, 9.17) is 0 Å². The van der Waals surface area contributed by atoms with Gasteiger partial charge in [-0.3, -0.25) is 4.79 Å². The summed E-state index contributed by atoms with van der Waals surface area (Å²) in [5.74, 6) is -2.26. The molecular weight excluding hydrogens is 255 g/mol. The average Bonchev–Trinajstić information content (AvgIpc) is 2.22. The van der Waals surface area contributed by atoms with E-state index in [0.717, 1.165) is 12.8 Å². The summed E-state index contributed by atoms with van der Waals surface area (Å²) in [4.78, 5) is 10.6. The Morgan fingerprint density at radius 3 is 2.24 bits per heavy atom. The van der Waals surface area contributed by atoms with E-state index in [2.05, 4.69) is 4.36 Å². The minimum absolute atomic E-state index is 0.453. The standard InChI is InChI=1S/C10H17F3NO2S/c1-3-5-7-8(6-4-2)17(16)14-9(15)10(11,12)13/h8H,3-7H2,1-2H3/q-1.